The van der Waals surface area contributed by atoms with Crippen molar-refractivity contribution in [3.63, 3.8) is 0 Å². The maximum atomic E-state index is 12.3. The Bertz CT molecular complexity index is 1020. The average molecular weight is 524 g/mol. The fraction of sp³-hybridized carbons (Fsp3) is 0.458. The molecule has 2 heterocycles. The Hall–Kier alpha value is -3.33. The molecule has 7 atom stereocenters. The van der Waals surface area contributed by atoms with Crippen molar-refractivity contribution >= 4 is 17.9 Å². The van der Waals surface area contributed by atoms with E-state index in [9.17, 15) is 39.9 Å². The van der Waals surface area contributed by atoms with Gasteiger partial charge in [-0.2, -0.15) is 0 Å². The minimum atomic E-state index is -1.78. The summed E-state index contributed by atoms with van der Waals surface area (Å²) in [6.45, 7) is -1.08. The highest BCUT2D eigenvalue weighted by Crippen LogP contribution is 2.36. The van der Waals surface area contributed by atoms with Crippen molar-refractivity contribution in [3.05, 3.63) is 59.4 Å². The van der Waals surface area contributed by atoms with Gasteiger partial charge in [-0.25, -0.2) is 9.59 Å². The van der Waals surface area contributed by atoms with Crippen LogP contribution < -0.4 is 0 Å². The molecule has 0 saturated carbocycles. The van der Waals surface area contributed by atoms with Crippen molar-refractivity contribution in [2.24, 2.45) is 5.92 Å². The van der Waals surface area contributed by atoms with Crippen LogP contribution in [0.1, 0.15) is 16.8 Å². The minimum Gasteiger partial charge on any atom is -0.478 e. The van der Waals surface area contributed by atoms with Gasteiger partial charge in [0.2, 0.25) is 6.29 Å². The predicted octanol–water partition coefficient (Wildman–Crippen LogP) is -0.910. The minimum absolute atomic E-state index is 0.0307. The van der Waals surface area contributed by atoms with Gasteiger partial charge < -0.3 is 49.2 Å². The number of methoxy groups -OCH3 is 1. The van der Waals surface area contributed by atoms with E-state index in [0.29, 0.717) is 0 Å². The van der Waals surface area contributed by atoms with E-state index in [0.717, 1.165) is 13.4 Å². The second-order valence-corrected chi connectivity index (χ2v) is 8.18. The quantitative estimate of drug-likeness (QED) is 0.197. The summed E-state index contributed by atoms with van der Waals surface area (Å²) in [5.41, 5.74) is -0.0186. The molecule has 3 rings (SSSR count). The van der Waals surface area contributed by atoms with Gasteiger partial charge in [-0.3, -0.25) is 4.79 Å². The molecule has 5 N–H and O–H groups in total. The zero-order chi connectivity index (χ0) is 27.1. The molecule has 13 heteroatoms. The molecule has 0 aromatic heterocycles. The first-order valence-corrected chi connectivity index (χ1v) is 11.2. The number of aliphatic hydroxyl groups is 4. The number of carbonyl (C=O) groups excluding carboxylic acids is 2. The number of rotatable bonds is 9. The number of hydrogen-bond donors (Lipinski definition) is 5. The Morgan fingerprint density at radius 1 is 1.05 bits per heavy atom. The number of ether oxygens (including phenoxy) is 5. The van der Waals surface area contributed by atoms with Crippen molar-refractivity contribution in [2.45, 2.75) is 43.4 Å². The Morgan fingerprint density at radius 3 is 2.38 bits per heavy atom. The maximum absolute atomic E-state index is 12.3. The molecule has 1 fully saturated rings. The van der Waals surface area contributed by atoms with Gasteiger partial charge in [-0.1, -0.05) is 18.2 Å². The summed E-state index contributed by atoms with van der Waals surface area (Å²) in [5, 5.41) is 49.4. The number of aliphatic hydroxyl groups excluding tert-OH is 4. The second kappa shape index (κ2) is 12.8. The van der Waals surface area contributed by atoms with Gasteiger partial charge in [-0.15, -0.1) is 0 Å². The van der Waals surface area contributed by atoms with Crippen molar-refractivity contribution in [3.8, 4) is 0 Å². The predicted molar refractivity (Wildman–Crippen MR) is 120 cm³/mol. The second-order valence-electron chi connectivity index (χ2n) is 8.18. The number of carbonyl (C=O) groups is 3. The van der Waals surface area contributed by atoms with Gasteiger partial charge in [0.05, 0.1) is 37.5 Å². The van der Waals surface area contributed by atoms with Crippen molar-refractivity contribution in [2.75, 3.05) is 20.3 Å². The van der Waals surface area contributed by atoms with E-state index >= 15 is 0 Å². The summed E-state index contributed by atoms with van der Waals surface area (Å²) < 4.78 is 26.3. The molecule has 2 aliphatic heterocycles. The van der Waals surface area contributed by atoms with Crippen molar-refractivity contribution in [1.82, 2.24) is 0 Å². The topological polar surface area (TPSA) is 199 Å². The largest absolute Gasteiger partial charge is 0.478 e. The SMILES string of the molecule is COC(=O)CC1C(C(=O)O)=COC(OC2OC(CO)C(O)C(O)C2O)C1=CCOC(=O)c1ccccc1. The number of carboxylic acids is 1. The van der Waals surface area contributed by atoms with E-state index in [4.69, 9.17) is 18.9 Å². The molecule has 1 saturated heterocycles. The number of carboxylic acid groups (broad SMARTS) is 1. The third-order valence-electron chi connectivity index (χ3n) is 5.86. The molecule has 0 aliphatic carbocycles. The summed E-state index contributed by atoms with van der Waals surface area (Å²) in [5.74, 6) is -3.96. The van der Waals surface area contributed by atoms with E-state index in [-0.39, 0.29) is 23.3 Å². The lowest BCUT2D eigenvalue weighted by atomic mass is 9.86. The monoisotopic (exact) mass is 524 g/mol. The number of hydrogen-bond acceptors (Lipinski definition) is 12. The Kier molecular flexibility index (Phi) is 9.74. The third kappa shape index (κ3) is 6.71. The van der Waals surface area contributed by atoms with Crippen molar-refractivity contribution < 1.29 is 63.6 Å². The van der Waals surface area contributed by atoms with Crippen molar-refractivity contribution in [1.29, 1.82) is 0 Å². The molecule has 0 radical (unpaired) electrons. The molecule has 13 nitrogen and oxygen atoms in total. The van der Waals surface area contributed by atoms with Gasteiger partial charge >= 0.3 is 17.9 Å². The highest BCUT2D eigenvalue weighted by molar-refractivity contribution is 5.90. The Labute approximate surface area is 211 Å². The normalized spacial score (nSPS) is 30.7. The summed E-state index contributed by atoms with van der Waals surface area (Å²) in [7, 11) is 1.12. The van der Waals surface area contributed by atoms with E-state index in [2.05, 4.69) is 4.74 Å². The molecule has 37 heavy (non-hydrogen) atoms. The van der Waals surface area contributed by atoms with Crippen LogP contribution in [0.4, 0.5) is 0 Å². The van der Waals surface area contributed by atoms with E-state index in [1.807, 2.05) is 0 Å². The van der Waals surface area contributed by atoms with Crippen LogP contribution in [-0.2, 0) is 33.3 Å². The van der Waals surface area contributed by atoms with E-state index in [1.165, 1.54) is 18.2 Å². The fourth-order valence-electron chi connectivity index (χ4n) is 3.84. The first-order chi connectivity index (χ1) is 17.7. The molecule has 0 amide bonds. The van der Waals surface area contributed by atoms with Gasteiger partial charge in [0, 0.05) is 11.5 Å². The Morgan fingerprint density at radius 2 is 1.76 bits per heavy atom. The zero-order valence-corrected chi connectivity index (χ0v) is 19.7. The van der Waals surface area contributed by atoms with Crippen LogP contribution in [0, 0.1) is 5.92 Å². The van der Waals surface area contributed by atoms with Crippen LogP contribution in [0.25, 0.3) is 0 Å². The molecule has 1 aromatic rings. The average Bonchev–Trinajstić information content (AvgIpc) is 2.90. The molecule has 7 unspecified atom stereocenters. The van der Waals surface area contributed by atoms with E-state index in [1.54, 1.807) is 18.2 Å². The smallest absolute Gasteiger partial charge is 0.338 e. The zero-order valence-electron chi connectivity index (χ0n) is 19.7. The molecule has 0 bridgehead atoms. The first kappa shape index (κ1) is 28.2. The molecule has 2 aliphatic rings. The lowest BCUT2D eigenvalue weighted by molar-refractivity contribution is -0.327. The summed E-state index contributed by atoms with van der Waals surface area (Å²) in [6, 6.07) is 8.08. The third-order valence-corrected chi connectivity index (χ3v) is 5.86. The van der Waals surface area contributed by atoms with Crippen LogP contribution in [-0.4, -0.2) is 101 Å². The van der Waals surface area contributed by atoms with Crippen LogP contribution >= 0.6 is 0 Å². The van der Waals surface area contributed by atoms with Gasteiger partial charge in [0.15, 0.2) is 6.29 Å². The lowest BCUT2D eigenvalue weighted by Crippen LogP contribution is -2.60. The van der Waals surface area contributed by atoms with Gasteiger partial charge in [0.25, 0.3) is 0 Å². The fourth-order valence-corrected chi connectivity index (χ4v) is 3.84. The molecular formula is C24H28O13. The van der Waals surface area contributed by atoms with Crippen LogP contribution in [0.15, 0.2) is 53.8 Å². The highest BCUT2D eigenvalue weighted by atomic mass is 16.8. The van der Waals surface area contributed by atoms with Crippen LogP contribution in [0.2, 0.25) is 0 Å². The molecule has 202 valence electrons. The maximum Gasteiger partial charge on any atom is 0.338 e. The number of esters is 2. The van der Waals surface area contributed by atoms with Gasteiger partial charge in [-0.05, 0) is 18.2 Å². The molecule has 1 aromatic carbocycles. The number of aliphatic carboxylic acids is 1. The molecular weight excluding hydrogens is 496 g/mol. The van der Waals surface area contributed by atoms with Crippen LogP contribution in [0.5, 0.6) is 0 Å². The van der Waals surface area contributed by atoms with E-state index < -0.39 is 73.8 Å². The Balaban J connectivity index is 1.89. The lowest BCUT2D eigenvalue weighted by Gasteiger charge is -2.41. The number of benzene rings is 1. The summed E-state index contributed by atoms with van der Waals surface area (Å²) in [6.07, 6.45) is -7.82. The van der Waals surface area contributed by atoms with Crippen LogP contribution in [0.3, 0.4) is 0 Å². The summed E-state index contributed by atoms with van der Waals surface area (Å²) in [4.78, 5) is 36.3. The van der Waals surface area contributed by atoms with Gasteiger partial charge in [0.1, 0.15) is 31.0 Å². The summed E-state index contributed by atoms with van der Waals surface area (Å²) >= 11 is 0. The first-order valence-electron chi connectivity index (χ1n) is 11.2. The highest BCUT2D eigenvalue weighted by Gasteiger charge is 2.46. The standard InChI is InChI=1S/C24H28O13/c1-33-17(26)9-14-13(7-8-34-22(32)12-5-3-2-4-6-12)23(35-11-15(14)21(30)31)37-24-20(29)19(28)18(27)16(10-25)36-24/h2-7,11,14,16,18-20,23-25,27-29H,8-10H2,1H3,(H,30,31). The molecule has 0 spiro atoms.